The summed E-state index contributed by atoms with van der Waals surface area (Å²) in [6.45, 7) is 6.87. The molecule has 0 aliphatic carbocycles. The van der Waals surface area contributed by atoms with E-state index in [0.717, 1.165) is 5.01 Å². The Morgan fingerprint density at radius 3 is 2.84 bits per heavy atom. The number of nitrogens with zero attached hydrogens (tertiary/aromatic N) is 2. The number of aliphatic hydroxyl groups excluding tert-OH is 1. The molecule has 108 valence electrons. The average molecular weight is 285 g/mol. The Labute approximate surface area is 118 Å². The summed E-state index contributed by atoms with van der Waals surface area (Å²) >= 11 is 1.53. The van der Waals surface area contributed by atoms with Crippen LogP contribution in [-0.2, 0) is 6.54 Å². The zero-order valence-corrected chi connectivity index (χ0v) is 12.8. The van der Waals surface area contributed by atoms with Crippen LogP contribution >= 0.6 is 11.3 Å². The summed E-state index contributed by atoms with van der Waals surface area (Å²) in [7, 11) is 1.75. The predicted octanol–water partition coefficient (Wildman–Crippen LogP) is 2.08. The molecule has 1 aromatic heterocycles. The number of thiazole rings is 1. The number of hydrogen-bond acceptors (Lipinski definition) is 4. The number of carbonyl (C=O) groups is 1. The molecule has 5 nitrogen and oxygen atoms in total. The van der Waals surface area contributed by atoms with Crippen molar-refractivity contribution in [2.45, 2.75) is 39.8 Å². The molecule has 1 aromatic rings. The van der Waals surface area contributed by atoms with Crippen LogP contribution in [0.3, 0.4) is 0 Å². The molecule has 0 aliphatic heterocycles. The van der Waals surface area contributed by atoms with Gasteiger partial charge in [0.05, 0.1) is 12.6 Å². The molecule has 1 atom stereocenters. The fourth-order valence-corrected chi connectivity index (χ4v) is 2.60. The number of carbonyl (C=O) groups excluding carboxylic acids is 1. The lowest BCUT2D eigenvalue weighted by atomic mass is 9.87. The lowest BCUT2D eigenvalue weighted by molar-refractivity contribution is 0.127. The minimum Gasteiger partial charge on any atom is -0.393 e. The molecular weight excluding hydrogens is 262 g/mol. The highest BCUT2D eigenvalue weighted by molar-refractivity contribution is 7.09. The quantitative estimate of drug-likeness (QED) is 0.841. The normalized spacial score (nSPS) is 13.1. The molecule has 2 N–H and O–H groups in total. The fraction of sp³-hybridized carbons (Fsp3) is 0.692. The van der Waals surface area contributed by atoms with E-state index in [9.17, 15) is 9.90 Å². The van der Waals surface area contributed by atoms with Crippen molar-refractivity contribution in [3.63, 3.8) is 0 Å². The highest BCUT2D eigenvalue weighted by atomic mass is 32.1. The van der Waals surface area contributed by atoms with Crippen molar-refractivity contribution in [3.05, 3.63) is 16.6 Å². The van der Waals surface area contributed by atoms with Crippen molar-refractivity contribution in [1.29, 1.82) is 0 Å². The van der Waals surface area contributed by atoms with Crippen molar-refractivity contribution >= 4 is 17.4 Å². The molecule has 0 bridgehead atoms. The Balaban J connectivity index is 2.38. The molecule has 0 aromatic carbocycles. The van der Waals surface area contributed by atoms with Gasteiger partial charge in [-0.1, -0.05) is 13.8 Å². The first-order valence-electron chi connectivity index (χ1n) is 6.35. The van der Waals surface area contributed by atoms with E-state index in [4.69, 9.17) is 0 Å². The number of urea groups is 1. The van der Waals surface area contributed by atoms with Gasteiger partial charge in [0.1, 0.15) is 5.01 Å². The third-order valence-electron chi connectivity index (χ3n) is 2.77. The third kappa shape index (κ3) is 6.02. The predicted molar refractivity (Wildman–Crippen MR) is 77.1 cm³/mol. The zero-order chi connectivity index (χ0) is 14.5. The molecular formula is C13H23N3O2S. The number of aromatic nitrogens is 1. The first-order valence-corrected chi connectivity index (χ1v) is 7.23. The molecule has 0 saturated heterocycles. The van der Waals surface area contributed by atoms with E-state index in [1.807, 2.05) is 19.2 Å². The molecule has 0 saturated carbocycles. The highest BCUT2D eigenvalue weighted by Crippen LogP contribution is 2.21. The molecule has 1 rings (SSSR count). The van der Waals surface area contributed by atoms with Crippen LogP contribution in [0.4, 0.5) is 4.79 Å². The summed E-state index contributed by atoms with van der Waals surface area (Å²) in [6.07, 6.45) is 2.03. The maximum absolute atomic E-state index is 11.9. The van der Waals surface area contributed by atoms with Gasteiger partial charge in [0.2, 0.25) is 0 Å². The largest absolute Gasteiger partial charge is 0.393 e. The second kappa shape index (κ2) is 6.86. The van der Waals surface area contributed by atoms with E-state index in [1.54, 1.807) is 25.1 Å². The molecule has 1 unspecified atom stereocenters. The van der Waals surface area contributed by atoms with Crippen molar-refractivity contribution in [2.24, 2.45) is 5.41 Å². The minimum atomic E-state index is -0.361. The SMILES string of the molecule is CC(O)CC(C)(C)CNC(=O)N(C)Cc1nccs1. The third-order valence-corrected chi connectivity index (χ3v) is 3.53. The van der Waals surface area contributed by atoms with Gasteiger partial charge < -0.3 is 15.3 Å². The van der Waals surface area contributed by atoms with Crippen LogP contribution in [0.15, 0.2) is 11.6 Å². The van der Waals surface area contributed by atoms with Gasteiger partial charge in [-0.2, -0.15) is 0 Å². The molecule has 0 fully saturated rings. The van der Waals surface area contributed by atoms with E-state index >= 15 is 0 Å². The number of rotatable bonds is 6. The lowest BCUT2D eigenvalue weighted by Crippen LogP contribution is -2.42. The van der Waals surface area contributed by atoms with Crippen LogP contribution in [0.2, 0.25) is 0 Å². The van der Waals surface area contributed by atoms with Gasteiger partial charge in [0.15, 0.2) is 0 Å². The Kier molecular flexibility index (Phi) is 5.75. The fourth-order valence-electron chi connectivity index (χ4n) is 1.93. The standard InChI is InChI=1S/C13H23N3O2S/c1-10(17)7-13(2,3)9-15-12(18)16(4)8-11-14-5-6-19-11/h5-6,10,17H,7-9H2,1-4H3,(H,15,18). The van der Waals surface area contributed by atoms with E-state index in [2.05, 4.69) is 10.3 Å². The van der Waals surface area contributed by atoms with Crippen molar-refractivity contribution < 1.29 is 9.90 Å². The van der Waals surface area contributed by atoms with Crippen molar-refractivity contribution in [3.8, 4) is 0 Å². The van der Waals surface area contributed by atoms with Gasteiger partial charge in [0, 0.05) is 25.2 Å². The summed E-state index contributed by atoms with van der Waals surface area (Å²) in [4.78, 5) is 17.7. The summed E-state index contributed by atoms with van der Waals surface area (Å²) in [5, 5.41) is 15.1. The number of nitrogens with one attached hydrogen (secondary N) is 1. The minimum absolute atomic E-state index is 0.117. The van der Waals surface area contributed by atoms with Gasteiger partial charge >= 0.3 is 6.03 Å². The molecule has 0 aliphatic rings. The number of amides is 2. The molecule has 6 heteroatoms. The van der Waals surface area contributed by atoms with Crippen LogP contribution in [0.1, 0.15) is 32.2 Å². The maximum atomic E-state index is 11.9. The second-order valence-corrected chi connectivity index (χ2v) is 6.64. The summed E-state index contributed by atoms with van der Waals surface area (Å²) in [6, 6.07) is -0.117. The summed E-state index contributed by atoms with van der Waals surface area (Å²) < 4.78 is 0. The molecule has 0 radical (unpaired) electrons. The number of hydrogen-bond donors (Lipinski definition) is 2. The highest BCUT2D eigenvalue weighted by Gasteiger charge is 2.22. The van der Waals surface area contributed by atoms with Crippen LogP contribution in [0, 0.1) is 5.41 Å². The van der Waals surface area contributed by atoms with E-state index in [1.165, 1.54) is 11.3 Å². The van der Waals surface area contributed by atoms with Gasteiger partial charge in [-0.15, -0.1) is 11.3 Å². The average Bonchev–Trinajstić information content (AvgIpc) is 2.76. The first kappa shape index (κ1) is 15.9. The van der Waals surface area contributed by atoms with E-state index < -0.39 is 0 Å². The van der Waals surface area contributed by atoms with Gasteiger partial charge in [-0.05, 0) is 18.8 Å². The summed E-state index contributed by atoms with van der Waals surface area (Å²) in [5.74, 6) is 0. The van der Waals surface area contributed by atoms with Crippen molar-refractivity contribution in [1.82, 2.24) is 15.2 Å². The Bertz CT molecular complexity index is 391. The van der Waals surface area contributed by atoms with Crippen LogP contribution in [0.5, 0.6) is 0 Å². The Hall–Kier alpha value is -1.14. The Morgan fingerprint density at radius 1 is 1.63 bits per heavy atom. The Morgan fingerprint density at radius 2 is 2.32 bits per heavy atom. The van der Waals surface area contributed by atoms with Crippen molar-refractivity contribution in [2.75, 3.05) is 13.6 Å². The van der Waals surface area contributed by atoms with Crippen LogP contribution in [-0.4, -0.2) is 40.7 Å². The van der Waals surface area contributed by atoms with E-state index in [0.29, 0.717) is 19.5 Å². The van der Waals surface area contributed by atoms with Crippen LogP contribution < -0.4 is 5.32 Å². The first-order chi connectivity index (χ1) is 8.80. The van der Waals surface area contributed by atoms with E-state index in [-0.39, 0.29) is 17.6 Å². The molecule has 19 heavy (non-hydrogen) atoms. The summed E-state index contributed by atoms with van der Waals surface area (Å²) in [5.41, 5.74) is -0.119. The molecule has 2 amide bonds. The van der Waals surface area contributed by atoms with Gasteiger partial charge in [-0.25, -0.2) is 9.78 Å². The monoisotopic (exact) mass is 285 g/mol. The maximum Gasteiger partial charge on any atom is 0.317 e. The molecule has 0 spiro atoms. The lowest BCUT2D eigenvalue weighted by Gasteiger charge is -2.27. The topological polar surface area (TPSA) is 65.5 Å². The van der Waals surface area contributed by atoms with Gasteiger partial charge in [-0.3, -0.25) is 0 Å². The zero-order valence-electron chi connectivity index (χ0n) is 12.0. The van der Waals surface area contributed by atoms with Gasteiger partial charge in [0.25, 0.3) is 0 Å². The smallest absolute Gasteiger partial charge is 0.317 e. The molecule has 1 heterocycles. The van der Waals surface area contributed by atoms with Crippen LogP contribution in [0.25, 0.3) is 0 Å². The second-order valence-electron chi connectivity index (χ2n) is 5.66. The number of aliphatic hydroxyl groups is 1.